The highest BCUT2D eigenvalue weighted by Gasteiger charge is 2.42. The van der Waals surface area contributed by atoms with Gasteiger partial charge in [0.2, 0.25) is 0 Å². The molecule has 1 atom stereocenters. The third-order valence-corrected chi connectivity index (χ3v) is 5.09. The van der Waals surface area contributed by atoms with Gasteiger partial charge in [-0.25, -0.2) is 4.99 Å². The molecule has 0 radical (unpaired) electrons. The second-order valence-electron chi connectivity index (χ2n) is 7.01. The van der Waals surface area contributed by atoms with Gasteiger partial charge < -0.3 is 20.3 Å². The van der Waals surface area contributed by atoms with Gasteiger partial charge in [-0.3, -0.25) is 14.6 Å². The summed E-state index contributed by atoms with van der Waals surface area (Å²) in [5, 5.41) is 6.85. The standard InChI is InChI=1S/C20H33ClN6O2/c1-6-23-18-17(22-3)19(28)27(16-10-8-9-15(21)13-24-16)20(18)29-14-26(5)12-11-25(4)7-2/h9-10,13,20,22-23H,6-8,11-12,14H2,1-5H3. The molecule has 0 spiro atoms. The van der Waals surface area contributed by atoms with Gasteiger partial charge in [-0.1, -0.05) is 24.6 Å². The molecular weight excluding hydrogens is 392 g/mol. The highest BCUT2D eigenvalue weighted by Crippen LogP contribution is 2.29. The largest absolute Gasteiger partial charge is 0.383 e. The lowest BCUT2D eigenvalue weighted by Crippen LogP contribution is -2.42. The monoisotopic (exact) mass is 424 g/mol. The van der Waals surface area contributed by atoms with Crippen LogP contribution < -0.4 is 10.6 Å². The van der Waals surface area contributed by atoms with E-state index in [4.69, 9.17) is 16.3 Å². The first kappa shape index (κ1) is 23.4. The molecule has 0 aromatic carbocycles. The maximum absolute atomic E-state index is 13.1. The number of carbonyl (C=O) groups is 1. The summed E-state index contributed by atoms with van der Waals surface area (Å²) < 4.78 is 6.22. The highest BCUT2D eigenvalue weighted by atomic mass is 35.5. The minimum Gasteiger partial charge on any atom is -0.383 e. The van der Waals surface area contributed by atoms with Crippen molar-refractivity contribution in [3.05, 3.63) is 34.4 Å². The zero-order valence-corrected chi connectivity index (χ0v) is 18.8. The van der Waals surface area contributed by atoms with E-state index in [0.717, 1.165) is 25.3 Å². The number of nitrogens with one attached hydrogen (secondary N) is 2. The predicted molar refractivity (Wildman–Crippen MR) is 117 cm³/mol. The summed E-state index contributed by atoms with van der Waals surface area (Å²) in [6.45, 7) is 7.99. The Bertz CT molecular complexity index is 703. The molecule has 0 aromatic rings. The molecule has 2 aliphatic heterocycles. The van der Waals surface area contributed by atoms with E-state index in [0.29, 0.717) is 36.2 Å². The molecule has 162 valence electrons. The smallest absolute Gasteiger partial charge is 0.279 e. The number of rotatable bonds is 11. The number of halogens is 1. The second-order valence-corrected chi connectivity index (χ2v) is 7.45. The van der Waals surface area contributed by atoms with Crippen LogP contribution in [0, 0.1) is 0 Å². The van der Waals surface area contributed by atoms with Crippen LogP contribution >= 0.6 is 11.6 Å². The van der Waals surface area contributed by atoms with E-state index in [1.165, 1.54) is 0 Å². The van der Waals surface area contributed by atoms with Gasteiger partial charge in [0, 0.05) is 32.9 Å². The Hall–Kier alpha value is -1.87. The molecule has 1 amide bonds. The Morgan fingerprint density at radius 2 is 2.00 bits per heavy atom. The van der Waals surface area contributed by atoms with E-state index in [1.54, 1.807) is 18.2 Å². The van der Waals surface area contributed by atoms with E-state index < -0.39 is 6.23 Å². The average Bonchev–Trinajstić information content (AvgIpc) is 2.83. The van der Waals surface area contributed by atoms with Gasteiger partial charge in [0.15, 0.2) is 6.23 Å². The van der Waals surface area contributed by atoms with Crippen molar-refractivity contribution in [1.29, 1.82) is 0 Å². The molecule has 0 aromatic heterocycles. The van der Waals surface area contributed by atoms with Gasteiger partial charge in [-0.05, 0) is 40.1 Å². The number of nitrogens with zero attached hydrogens (tertiary/aromatic N) is 4. The number of allylic oxidation sites excluding steroid dienone is 3. The first-order valence-electron chi connectivity index (χ1n) is 10.0. The Morgan fingerprint density at radius 1 is 1.28 bits per heavy atom. The van der Waals surface area contributed by atoms with E-state index in [9.17, 15) is 4.79 Å². The van der Waals surface area contributed by atoms with E-state index in [1.807, 2.05) is 26.1 Å². The maximum Gasteiger partial charge on any atom is 0.279 e. The van der Waals surface area contributed by atoms with Crippen molar-refractivity contribution in [2.45, 2.75) is 26.5 Å². The molecule has 8 nitrogen and oxygen atoms in total. The van der Waals surface area contributed by atoms with Crippen molar-refractivity contribution < 1.29 is 9.53 Å². The Labute approximate surface area is 178 Å². The van der Waals surface area contributed by atoms with Gasteiger partial charge in [0.05, 0.1) is 10.7 Å². The number of likely N-dealkylation sites (N-methyl/N-ethyl adjacent to an activating group) is 4. The first-order chi connectivity index (χ1) is 13.9. The van der Waals surface area contributed by atoms with Crippen LogP contribution in [0.5, 0.6) is 0 Å². The molecule has 2 rings (SSSR count). The topological polar surface area (TPSA) is 72.4 Å². The van der Waals surface area contributed by atoms with Gasteiger partial charge in [0.25, 0.3) is 5.91 Å². The second kappa shape index (κ2) is 11.3. The minimum absolute atomic E-state index is 0.178. The number of carbonyl (C=O) groups excluding carboxylic acids is 1. The summed E-state index contributed by atoms with van der Waals surface area (Å²) in [6, 6.07) is 0. The zero-order valence-electron chi connectivity index (χ0n) is 18.0. The molecule has 0 fully saturated rings. The van der Waals surface area contributed by atoms with Crippen LogP contribution in [-0.2, 0) is 9.53 Å². The SMILES string of the molecule is CCNC1=C(NC)C(=O)N(C2=CCC=C(Cl)C=N2)C1OCN(C)CCN(C)CC. The molecule has 1 unspecified atom stereocenters. The van der Waals surface area contributed by atoms with Crippen molar-refractivity contribution in [2.75, 3.05) is 54.1 Å². The maximum atomic E-state index is 13.1. The van der Waals surface area contributed by atoms with Crippen molar-refractivity contribution in [3.63, 3.8) is 0 Å². The molecule has 9 heteroatoms. The lowest BCUT2D eigenvalue weighted by molar-refractivity contribution is -0.135. The van der Waals surface area contributed by atoms with Crippen molar-refractivity contribution in [1.82, 2.24) is 25.3 Å². The highest BCUT2D eigenvalue weighted by molar-refractivity contribution is 6.39. The number of amides is 1. The third-order valence-electron chi connectivity index (χ3n) is 4.84. The fourth-order valence-corrected chi connectivity index (χ4v) is 3.16. The van der Waals surface area contributed by atoms with Gasteiger partial charge in [-0.15, -0.1) is 0 Å². The lowest BCUT2D eigenvalue weighted by atomic mass is 10.3. The molecule has 0 aliphatic carbocycles. The molecule has 0 saturated heterocycles. The van der Waals surface area contributed by atoms with Crippen LogP contribution in [0.3, 0.4) is 0 Å². The van der Waals surface area contributed by atoms with Crippen LogP contribution in [0.1, 0.15) is 20.3 Å². The molecule has 0 saturated carbocycles. The Kier molecular flexibility index (Phi) is 9.16. The summed E-state index contributed by atoms with van der Waals surface area (Å²) >= 11 is 6.07. The average molecular weight is 425 g/mol. The minimum atomic E-state index is -0.587. The van der Waals surface area contributed by atoms with Gasteiger partial charge in [0.1, 0.15) is 18.2 Å². The van der Waals surface area contributed by atoms with Crippen LogP contribution in [0.25, 0.3) is 0 Å². The van der Waals surface area contributed by atoms with E-state index in [-0.39, 0.29) is 5.91 Å². The van der Waals surface area contributed by atoms with Crippen LogP contribution in [0.4, 0.5) is 0 Å². The number of hydrogen-bond donors (Lipinski definition) is 2. The van der Waals surface area contributed by atoms with E-state index >= 15 is 0 Å². The third kappa shape index (κ3) is 6.05. The molecule has 0 bridgehead atoms. The quantitative estimate of drug-likeness (QED) is 0.490. The van der Waals surface area contributed by atoms with Crippen molar-refractivity contribution in [3.8, 4) is 0 Å². The number of hydrogen-bond acceptors (Lipinski definition) is 7. The summed E-state index contributed by atoms with van der Waals surface area (Å²) in [5.74, 6) is 0.351. The fraction of sp³-hybridized carbons (Fsp3) is 0.600. The molecule has 2 N–H and O–H groups in total. The fourth-order valence-electron chi connectivity index (χ4n) is 3.02. The van der Waals surface area contributed by atoms with Crippen molar-refractivity contribution >= 4 is 23.7 Å². The molecule has 2 aliphatic rings. The Balaban J connectivity index is 2.19. The lowest BCUT2D eigenvalue weighted by Gasteiger charge is -2.29. The van der Waals surface area contributed by atoms with Crippen molar-refractivity contribution in [2.24, 2.45) is 4.99 Å². The van der Waals surface area contributed by atoms with Crippen LogP contribution in [0.15, 0.2) is 39.4 Å². The van der Waals surface area contributed by atoms with Gasteiger partial charge in [-0.2, -0.15) is 0 Å². The first-order valence-corrected chi connectivity index (χ1v) is 10.4. The summed E-state index contributed by atoms with van der Waals surface area (Å²) in [6.07, 6.45) is 5.30. The predicted octanol–water partition coefficient (Wildman–Crippen LogP) is 1.49. The Morgan fingerprint density at radius 3 is 2.66 bits per heavy atom. The normalized spacial score (nSPS) is 19.8. The number of ether oxygens (including phenoxy) is 1. The van der Waals surface area contributed by atoms with Gasteiger partial charge >= 0.3 is 0 Å². The molecule has 2 heterocycles. The summed E-state index contributed by atoms with van der Waals surface area (Å²) in [5.41, 5.74) is 1.21. The number of aliphatic imine (C=N–C) groups is 1. The summed E-state index contributed by atoms with van der Waals surface area (Å²) in [7, 11) is 5.83. The zero-order chi connectivity index (χ0) is 21.4. The molecular formula is C20H33ClN6O2. The summed E-state index contributed by atoms with van der Waals surface area (Å²) in [4.78, 5) is 23.4. The van der Waals surface area contributed by atoms with Crippen LogP contribution in [0.2, 0.25) is 0 Å². The van der Waals surface area contributed by atoms with E-state index in [2.05, 4.69) is 39.4 Å². The molecule has 29 heavy (non-hydrogen) atoms. The van der Waals surface area contributed by atoms with Crippen LogP contribution in [-0.4, -0.2) is 87.1 Å².